The summed E-state index contributed by atoms with van der Waals surface area (Å²) < 4.78 is 5.73. The average molecular weight is 606 g/mol. The zero-order valence-electron chi connectivity index (χ0n) is 28.5. The minimum Gasteiger partial charge on any atom is -0.508 e. The van der Waals surface area contributed by atoms with Crippen LogP contribution in [0.4, 0.5) is 0 Å². The van der Waals surface area contributed by atoms with Gasteiger partial charge in [-0.1, -0.05) is 53.2 Å². The lowest BCUT2D eigenvalue weighted by Crippen LogP contribution is -2.63. The Morgan fingerprint density at radius 1 is 1.02 bits per heavy atom. The summed E-state index contributed by atoms with van der Waals surface area (Å²) in [6.45, 7) is 18.4. The van der Waals surface area contributed by atoms with Crippen molar-refractivity contribution < 1.29 is 24.5 Å². The zero-order chi connectivity index (χ0) is 32.2. The van der Waals surface area contributed by atoms with Crippen molar-refractivity contribution >= 4 is 11.6 Å². The standard InChI is InChI=1S/C38H55NO5/c1-21(14-27(41)33-35(4,5)44-33)31-26-10-11-30-36(6)18-25(23-15-22(20-39-9)16-24(40)17-23)32(43)34(2,3)29(36)12-13-37(30,7)38(26,8)19-28(31)42/h15-17,21,25,27,29-30,33,39-41H,10-14,18-20H2,1-9H3. The number of phenolic OH excluding ortho intramolecular Hbond substituents is 1. The van der Waals surface area contributed by atoms with Crippen molar-refractivity contribution in [3.8, 4) is 5.75 Å². The van der Waals surface area contributed by atoms with Crippen LogP contribution in [0.25, 0.3) is 0 Å². The van der Waals surface area contributed by atoms with Gasteiger partial charge in [0.1, 0.15) is 17.6 Å². The van der Waals surface area contributed by atoms with Crippen LogP contribution in [0.2, 0.25) is 0 Å². The van der Waals surface area contributed by atoms with Crippen LogP contribution in [0.3, 0.4) is 0 Å². The highest BCUT2D eigenvalue weighted by molar-refractivity contribution is 6.00. The van der Waals surface area contributed by atoms with Crippen LogP contribution >= 0.6 is 0 Å². The first-order valence-corrected chi connectivity index (χ1v) is 17.0. The molecule has 3 saturated carbocycles. The van der Waals surface area contributed by atoms with Gasteiger partial charge in [0.15, 0.2) is 5.78 Å². The number of rotatable bonds is 7. The van der Waals surface area contributed by atoms with Crippen LogP contribution in [0, 0.1) is 39.4 Å². The molecule has 9 unspecified atom stereocenters. The van der Waals surface area contributed by atoms with E-state index in [1.54, 1.807) is 12.1 Å². The van der Waals surface area contributed by atoms with E-state index in [0.717, 1.165) is 48.8 Å². The number of epoxide rings is 1. The van der Waals surface area contributed by atoms with Gasteiger partial charge in [0.25, 0.3) is 0 Å². The second-order valence-corrected chi connectivity index (χ2v) is 17.1. The van der Waals surface area contributed by atoms with Crippen molar-refractivity contribution in [2.75, 3.05) is 7.05 Å². The normalized spacial score (nSPS) is 40.2. The molecule has 1 aliphatic heterocycles. The van der Waals surface area contributed by atoms with Crippen LogP contribution in [0.1, 0.15) is 117 Å². The summed E-state index contributed by atoms with van der Waals surface area (Å²) in [6.07, 6.45) is 5.05. The number of allylic oxidation sites excluding steroid dienone is 2. The molecule has 6 heteroatoms. The zero-order valence-corrected chi connectivity index (χ0v) is 28.5. The molecule has 0 radical (unpaired) electrons. The predicted molar refractivity (Wildman–Crippen MR) is 172 cm³/mol. The maximum atomic E-state index is 14.3. The fraction of sp³-hybridized carbons (Fsp3) is 0.737. The van der Waals surface area contributed by atoms with Gasteiger partial charge in [0.05, 0.1) is 11.7 Å². The van der Waals surface area contributed by atoms with Crippen LogP contribution < -0.4 is 5.32 Å². The molecule has 5 aliphatic rings. The van der Waals surface area contributed by atoms with Gasteiger partial charge in [-0.2, -0.15) is 0 Å². The molecule has 1 saturated heterocycles. The number of benzene rings is 1. The molecule has 4 aliphatic carbocycles. The minimum atomic E-state index is -0.570. The van der Waals surface area contributed by atoms with Crippen molar-refractivity contribution in [3.05, 3.63) is 40.5 Å². The number of Topliss-reactive ketones (excluding diaryl/α,β-unsaturated/α-hetero) is 2. The van der Waals surface area contributed by atoms with E-state index in [1.165, 1.54) is 5.57 Å². The molecule has 3 N–H and O–H groups in total. The number of ketones is 2. The second-order valence-electron chi connectivity index (χ2n) is 17.1. The van der Waals surface area contributed by atoms with Crippen molar-refractivity contribution in [3.63, 3.8) is 0 Å². The third-order valence-electron chi connectivity index (χ3n) is 13.8. The number of nitrogens with one attached hydrogen (secondary N) is 1. The summed E-state index contributed by atoms with van der Waals surface area (Å²) in [5.74, 6) is 1.15. The first-order valence-electron chi connectivity index (χ1n) is 17.0. The number of hydrogen-bond acceptors (Lipinski definition) is 6. The molecule has 9 atom stereocenters. The molecule has 0 bridgehead atoms. The van der Waals surface area contributed by atoms with Gasteiger partial charge in [0, 0.05) is 29.7 Å². The highest BCUT2D eigenvalue weighted by Crippen LogP contribution is 2.74. The van der Waals surface area contributed by atoms with Crippen LogP contribution in [0.15, 0.2) is 29.3 Å². The lowest BCUT2D eigenvalue weighted by Gasteiger charge is -2.68. The second kappa shape index (κ2) is 10.2. The number of aliphatic hydroxyl groups excluding tert-OH is 1. The highest BCUT2D eigenvalue weighted by atomic mass is 16.6. The summed E-state index contributed by atoms with van der Waals surface area (Å²) in [4.78, 5) is 28.2. The van der Waals surface area contributed by atoms with Crippen molar-refractivity contribution in [1.29, 1.82) is 0 Å². The van der Waals surface area contributed by atoms with Crippen molar-refractivity contribution in [1.82, 2.24) is 5.32 Å². The molecule has 6 nitrogen and oxygen atoms in total. The molecular weight excluding hydrogens is 550 g/mol. The van der Waals surface area contributed by atoms with E-state index >= 15 is 0 Å². The molecular formula is C38H55NO5. The molecule has 0 aromatic heterocycles. The van der Waals surface area contributed by atoms with Gasteiger partial charge in [-0.15, -0.1) is 0 Å². The van der Waals surface area contributed by atoms with E-state index in [4.69, 9.17) is 4.74 Å². The number of aromatic hydroxyl groups is 1. The Bertz CT molecular complexity index is 1410. The molecule has 1 aromatic carbocycles. The Morgan fingerprint density at radius 2 is 1.70 bits per heavy atom. The monoisotopic (exact) mass is 605 g/mol. The summed E-state index contributed by atoms with van der Waals surface area (Å²) in [5, 5.41) is 24.8. The van der Waals surface area contributed by atoms with Crippen LogP contribution in [-0.4, -0.2) is 46.6 Å². The lowest BCUT2D eigenvalue weighted by molar-refractivity contribution is -0.183. The summed E-state index contributed by atoms with van der Waals surface area (Å²) in [5.41, 5.74) is 3.09. The Balaban J connectivity index is 1.35. The molecule has 0 amide bonds. The van der Waals surface area contributed by atoms with Crippen molar-refractivity contribution in [2.45, 2.75) is 131 Å². The summed E-state index contributed by atoms with van der Waals surface area (Å²) >= 11 is 0. The maximum absolute atomic E-state index is 14.3. The van der Waals surface area contributed by atoms with Gasteiger partial charge in [0.2, 0.25) is 0 Å². The number of aliphatic hydroxyl groups is 1. The minimum absolute atomic E-state index is 0.00502. The van der Waals surface area contributed by atoms with E-state index in [2.05, 4.69) is 52.9 Å². The lowest BCUT2D eigenvalue weighted by atomic mass is 9.35. The van der Waals surface area contributed by atoms with E-state index in [1.807, 2.05) is 20.9 Å². The largest absolute Gasteiger partial charge is 0.508 e. The predicted octanol–water partition coefficient (Wildman–Crippen LogP) is 6.87. The average Bonchev–Trinajstić information content (AvgIpc) is 3.46. The van der Waals surface area contributed by atoms with Gasteiger partial charge in [-0.05, 0) is 117 Å². The Hall–Kier alpha value is -2.02. The fourth-order valence-corrected chi connectivity index (χ4v) is 11.6. The molecule has 44 heavy (non-hydrogen) atoms. The molecule has 6 rings (SSSR count). The van der Waals surface area contributed by atoms with E-state index in [9.17, 15) is 19.8 Å². The Kier molecular flexibility index (Phi) is 7.43. The maximum Gasteiger partial charge on any atom is 0.159 e. The molecule has 1 aromatic rings. The number of ether oxygens (including phenoxy) is 1. The number of fused-ring (bicyclic) bond motifs is 5. The van der Waals surface area contributed by atoms with Crippen LogP contribution in [-0.2, 0) is 20.9 Å². The first kappa shape index (κ1) is 31.9. The summed E-state index contributed by atoms with van der Waals surface area (Å²) in [6, 6.07) is 5.69. The van der Waals surface area contributed by atoms with Gasteiger partial charge in [-0.25, -0.2) is 0 Å². The molecule has 1 heterocycles. The first-order chi connectivity index (χ1) is 20.4. The third-order valence-corrected chi connectivity index (χ3v) is 13.8. The van der Waals surface area contributed by atoms with E-state index in [0.29, 0.717) is 31.1 Å². The third kappa shape index (κ3) is 4.52. The summed E-state index contributed by atoms with van der Waals surface area (Å²) in [7, 11) is 1.89. The topological polar surface area (TPSA) is 99.2 Å². The quantitative estimate of drug-likeness (QED) is 0.294. The SMILES string of the molecule is CNCc1cc(O)cc(C2CC3(C)C(CCC4(C)C3CCC3=C(C(C)CC(O)C5OC5(C)C)C(=O)CC34C)C(C)(C)C2=O)c1. The molecule has 4 fully saturated rings. The number of phenols is 1. The Morgan fingerprint density at radius 3 is 2.34 bits per heavy atom. The molecule has 242 valence electrons. The fourth-order valence-electron chi connectivity index (χ4n) is 11.6. The smallest absolute Gasteiger partial charge is 0.159 e. The van der Waals surface area contributed by atoms with Gasteiger partial charge < -0.3 is 20.3 Å². The van der Waals surface area contributed by atoms with E-state index < -0.39 is 11.5 Å². The van der Waals surface area contributed by atoms with Gasteiger partial charge in [-0.3, -0.25) is 9.59 Å². The van der Waals surface area contributed by atoms with Crippen molar-refractivity contribution in [2.24, 2.45) is 39.4 Å². The Labute approximate surface area is 264 Å². The van der Waals surface area contributed by atoms with Crippen LogP contribution in [0.5, 0.6) is 5.75 Å². The number of carbonyl (C=O) groups excluding carboxylic acids is 2. The van der Waals surface area contributed by atoms with E-state index in [-0.39, 0.29) is 57.2 Å². The number of carbonyl (C=O) groups is 2. The van der Waals surface area contributed by atoms with Gasteiger partial charge >= 0.3 is 0 Å². The number of hydrogen-bond donors (Lipinski definition) is 3. The highest BCUT2D eigenvalue weighted by Gasteiger charge is 2.69. The molecule has 0 spiro atoms.